The number of rotatable bonds is 10. The molecule has 0 saturated carbocycles. The van der Waals surface area contributed by atoms with E-state index in [0.29, 0.717) is 29.4 Å². The molecule has 0 radical (unpaired) electrons. The van der Waals surface area contributed by atoms with Crippen LogP contribution < -0.4 is 20.2 Å². The van der Waals surface area contributed by atoms with Gasteiger partial charge >= 0.3 is 0 Å². The van der Waals surface area contributed by atoms with Gasteiger partial charge in [-0.05, 0) is 67.2 Å². The molecule has 1 heterocycles. The van der Waals surface area contributed by atoms with Crippen LogP contribution in [-0.2, 0) is 16.1 Å². The van der Waals surface area contributed by atoms with Gasteiger partial charge in [0.05, 0.1) is 26.7 Å². The van der Waals surface area contributed by atoms with Crippen molar-refractivity contribution >= 4 is 40.7 Å². The van der Waals surface area contributed by atoms with Gasteiger partial charge in [-0.15, -0.1) is 0 Å². The smallest absolute Gasteiger partial charge is 0.270 e. The van der Waals surface area contributed by atoms with Crippen LogP contribution in [0.4, 0.5) is 5.69 Å². The molecular weight excluding hydrogens is 504 g/mol. The Morgan fingerprint density at radius 1 is 0.974 bits per heavy atom. The van der Waals surface area contributed by atoms with Gasteiger partial charge in [-0.3, -0.25) is 24.7 Å². The Morgan fingerprint density at radius 2 is 1.71 bits per heavy atom. The number of anilines is 1. The molecule has 9 nitrogen and oxygen atoms in total. The molecule has 1 saturated heterocycles. The summed E-state index contributed by atoms with van der Waals surface area (Å²) in [5.74, 6) is -0.0822. The van der Waals surface area contributed by atoms with Crippen LogP contribution in [0, 0.1) is 0 Å². The number of hydrogen-bond acceptors (Lipinski definition) is 6. The zero-order valence-electron chi connectivity index (χ0n) is 21.0. The number of nitrogens with one attached hydrogen (secondary N) is 2. The standard InChI is InChI=1S/C28H28N4O5S/c1-3-37-22-14-12-21(13-15-22)29-25(33)17-24-27(35)31(18-19-8-5-4-6-9-19)28(38)32(24)30-26(34)20-10-7-11-23(16-20)36-2/h4-16,24H,3,17-18H2,1-2H3,(H,29,33)(H,30,34). The molecule has 0 bridgehead atoms. The number of nitrogens with zero attached hydrogens (tertiary/aromatic N) is 2. The molecule has 3 aromatic carbocycles. The van der Waals surface area contributed by atoms with Gasteiger partial charge in [0.15, 0.2) is 5.11 Å². The monoisotopic (exact) mass is 532 g/mol. The van der Waals surface area contributed by atoms with E-state index in [9.17, 15) is 14.4 Å². The summed E-state index contributed by atoms with van der Waals surface area (Å²) in [6.07, 6.45) is -0.226. The molecule has 196 valence electrons. The van der Waals surface area contributed by atoms with Crippen LogP contribution >= 0.6 is 12.2 Å². The summed E-state index contributed by atoms with van der Waals surface area (Å²) >= 11 is 5.60. The van der Waals surface area contributed by atoms with Gasteiger partial charge in [-0.1, -0.05) is 36.4 Å². The Bertz CT molecular complexity index is 1320. The number of hydrogen-bond donors (Lipinski definition) is 2. The summed E-state index contributed by atoms with van der Waals surface area (Å²) in [5.41, 5.74) is 4.46. The topological polar surface area (TPSA) is 100 Å². The highest BCUT2D eigenvalue weighted by atomic mass is 32.1. The number of carbonyl (C=O) groups is 3. The van der Waals surface area contributed by atoms with Crippen molar-refractivity contribution in [2.24, 2.45) is 0 Å². The van der Waals surface area contributed by atoms with E-state index >= 15 is 0 Å². The molecule has 10 heteroatoms. The van der Waals surface area contributed by atoms with Gasteiger partial charge in [-0.2, -0.15) is 0 Å². The molecule has 0 spiro atoms. The normalized spacial score (nSPS) is 14.8. The van der Waals surface area contributed by atoms with E-state index < -0.39 is 17.9 Å². The van der Waals surface area contributed by atoms with Crippen LogP contribution in [0.1, 0.15) is 29.3 Å². The highest BCUT2D eigenvalue weighted by molar-refractivity contribution is 7.80. The Hall–Kier alpha value is -4.44. The number of ether oxygens (including phenoxy) is 2. The van der Waals surface area contributed by atoms with E-state index in [-0.39, 0.29) is 24.0 Å². The zero-order valence-corrected chi connectivity index (χ0v) is 21.9. The van der Waals surface area contributed by atoms with Crippen molar-refractivity contribution in [3.05, 3.63) is 90.0 Å². The first-order valence-electron chi connectivity index (χ1n) is 12.1. The van der Waals surface area contributed by atoms with E-state index in [2.05, 4.69) is 10.7 Å². The first-order chi connectivity index (χ1) is 18.4. The van der Waals surface area contributed by atoms with Crippen molar-refractivity contribution in [3.8, 4) is 11.5 Å². The maximum atomic E-state index is 13.5. The SMILES string of the molecule is CCOc1ccc(NC(=O)CC2C(=O)N(Cc3ccccc3)C(=S)N2NC(=O)c2cccc(OC)c2)cc1. The summed E-state index contributed by atoms with van der Waals surface area (Å²) in [6.45, 7) is 2.63. The van der Waals surface area contributed by atoms with Gasteiger partial charge in [-0.25, -0.2) is 5.01 Å². The predicted molar refractivity (Wildman–Crippen MR) is 147 cm³/mol. The second-order valence-electron chi connectivity index (χ2n) is 8.46. The quantitative estimate of drug-likeness (QED) is 0.384. The van der Waals surface area contributed by atoms with Crippen LogP contribution in [0.25, 0.3) is 0 Å². The Morgan fingerprint density at radius 3 is 2.39 bits per heavy atom. The van der Waals surface area contributed by atoms with Crippen LogP contribution in [0.15, 0.2) is 78.9 Å². The lowest BCUT2D eigenvalue weighted by atomic mass is 10.1. The fraction of sp³-hybridized carbons (Fsp3) is 0.214. The second-order valence-corrected chi connectivity index (χ2v) is 8.83. The van der Waals surface area contributed by atoms with Gasteiger partial charge in [0, 0.05) is 11.3 Å². The molecule has 3 aromatic rings. The molecule has 1 atom stereocenters. The average Bonchev–Trinajstić information content (AvgIpc) is 3.14. The Labute approximate surface area is 226 Å². The third kappa shape index (κ3) is 6.27. The van der Waals surface area contributed by atoms with Crippen molar-refractivity contribution in [2.75, 3.05) is 19.0 Å². The summed E-state index contributed by atoms with van der Waals surface area (Å²) in [5, 5.41) is 4.19. The first-order valence-corrected chi connectivity index (χ1v) is 12.5. The van der Waals surface area contributed by atoms with Gasteiger partial charge < -0.3 is 14.8 Å². The summed E-state index contributed by atoms with van der Waals surface area (Å²) in [7, 11) is 1.51. The van der Waals surface area contributed by atoms with Crippen molar-refractivity contribution in [1.29, 1.82) is 0 Å². The molecule has 1 aliphatic rings. The number of hydrazine groups is 1. The fourth-order valence-corrected chi connectivity index (χ4v) is 4.32. The van der Waals surface area contributed by atoms with Crippen molar-refractivity contribution in [2.45, 2.75) is 25.9 Å². The van der Waals surface area contributed by atoms with Crippen molar-refractivity contribution < 1.29 is 23.9 Å². The number of amides is 3. The maximum Gasteiger partial charge on any atom is 0.270 e. The first kappa shape index (κ1) is 26.6. The minimum absolute atomic E-state index is 0.106. The number of benzene rings is 3. The lowest BCUT2D eigenvalue weighted by Gasteiger charge is -2.24. The largest absolute Gasteiger partial charge is 0.497 e. The minimum Gasteiger partial charge on any atom is -0.497 e. The lowest BCUT2D eigenvalue weighted by molar-refractivity contribution is -0.131. The highest BCUT2D eigenvalue weighted by Gasteiger charge is 2.44. The van der Waals surface area contributed by atoms with Gasteiger partial charge in [0.25, 0.3) is 11.8 Å². The molecule has 4 rings (SSSR count). The van der Waals surface area contributed by atoms with Crippen molar-refractivity contribution in [1.82, 2.24) is 15.3 Å². The van der Waals surface area contributed by atoms with E-state index in [1.54, 1.807) is 48.5 Å². The summed E-state index contributed by atoms with van der Waals surface area (Å²) < 4.78 is 10.6. The fourth-order valence-electron chi connectivity index (χ4n) is 3.99. The highest BCUT2D eigenvalue weighted by Crippen LogP contribution is 2.23. The third-order valence-electron chi connectivity index (χ3n) is 5.87. The molecule has 1 unspecified atom stereocenters. The maximum absolute atomic E-state index is 13.5. The Kier molecular flexibility index (Phi) is 8.55. The average molecular weight is 533 g/mol. The molecule has 0 aliphatic carbocycles. The molecule has 2 N–H and O–H groups in total. The van der Waals surface area contributed by atoms with Crippen LogP contribution in [-0.4, -0.2) is 52.5 Å². The molecule has 0 aromatic heterocycles. The van der Waals surface area contributed by atoms with E-state index in [1.807, 2.05) is 37.3 Å². The minimum atomic E-state index is -1.02. The lowest BCUT2D eigenvalue weighted by Crippen LogP contribution is -2.49. The molecular formula is C28H28N4O5S. The van der Waals surface area contributed by atoms with Gasteiger partial charge in [0.1, 0.15) is 17.5 Å². The summed E-state index contributed by atoms with van der Waals surface area (Å²) in [4.78, 5) is 40.9. The van der Waals surface area contributed by atoms with E-state index in [4.69, 9.17) is 21.7 Å². The third-order valence-corrected chi connectivity index (χ3v) is 6.28. The number of carbonyl (C=O) groups excluding carboxylic acids is 3. The zero-order chi connectivity index (χ0) is 27.1. The number of thiocarbonyl (C=S) groups is 1. The second kappa shape index (κ2) is 12.2. The van der Waals surface area contributed by atoms with Crippen LogP contribution in [0.3, 0.4) is 0 Å². The molecule has 1 aliphatic heterocycles. The Balaban J connectivity index is 1.53. The van der Waals surface area contributed by atoms with E-state index in [0.717, 1.165) is 5.56 Å². The van der Waals surface area contributed by atoms with Crippen LogP contribution in [0.2, 0.25) is 0 Å². The molecule has 38 heavy (non-hydrogen) atoms. The number of methoxy groups -OCH3 is 1. The van der Waals surface area contributed by atoms with Gasteiger partial charge in [0.2, 0.25) is 5.91 Å². The van der Waals surface area contributed by atoms with E-state index in [1.165, 1.54) is 17.0 Å². The van der Waals surface area contributed by atoms with Crippen LogP contribution in [0.5, 0.6) is 11.5 Å². The molecule has 1 fully saturated rings. The summed E-state index contributed by atoms with van der Waals surface area (Å²) in [6, 6.07) is 21.9. The predicted octanol–water partition coefficient (Wildman–Crippen LogP) is 3.77. The molecule has 3 amide bonds. The van der Waals surface area contributed by atoms with Crippen molar-refractivity contribution in [3.63, 3.8) is 0 Å².